The van der Waals surface area contributed by atoms with E-state index in [0.717, 1.165) is 6.07 Å². The van der Waals surface area contributed by atoms with Crippen molar-refractivity contribution in [2.45, 2.75) is 11.8 Å². The number of pyridine rings is 1. The van der Waals surface area contributed by atoms with Gasteiger partial charge in [-0.05, 0) is 32.5 Å². The number of nitro groups is 1. The molecule has 15 heavy (non-hydrogen) atoms. The second kappa shape index (κ2) is 5.10. The molecule has 0 saturated carbocycles. The topological polar surface area (TPSA) is 56.0 Å². The molecule has 4 nitrogen and oxygen atoms in total. The summed E-state index contributed by atoms with van der Waals surface area (Å²) in [7, 11) is 0. The molecule has 0 saturated heterocycles. The number of aromatic nitrogens is 1. The molecule has 0 aliphatic carbocycles. The Morgan fingerprint density at radius 3 is 2.67 bits per heavy atom. The first-order valence-corrected chi connectivity index (χ1v) is 5.85. The maximum atomic E-state index is 12.5. The smallest absolute Gasteiger partial charge is 0.358 e. The van der Waals surface area contributed by atoms with Crippen molar-refractivity contribution >= 4 is 44.3 Å². The van der Waals surface area contributed by atoms with Crippen molar-refractivity contribution in [1.82, 2.24) is 4.98 Å². The van der Waals surface area contributed by atoms with Gasteiger partial charge in [0, 0.05) is 11.6 Å². The molecule has 0 aliphatic heterocycles. The molecule has 8 heteroatoms. The zero-order valence-electron chi connectivity index (χ0n) is 7.08. The van der Waals surface area contributed by atoms with Gasteiger partial charge in [0.25, 0.3) is 6.43 Å². The molecule has 0 amide bonds. The Bertz CT molecular complexity index is 403. The van der Waals surface area contributed by atoms with Gasteiger partial charge in [0.2, 0.25) is 0 Å². The minimum Gasteiger partial charge on any atom is -0.358 e. The molecule has 0 unspecified atom stereocenters. The first kappa shape index (κ1) is 12.7. The molecular weight excluding hydrogens is 389 g/mol. The molecule has 1 heterocycles. The molecule has 0 N–H and O–H groups in total. The van der Waals surface area contributed by atoms with Crippen molar-refractivity contribution in [1.29, 1.82) is 0 Å². The molecule has 1 aromatic rings. The lowest BCUT2D eigenvalue weighted by atomic mass is 10.2. The number of halogens is 4. The standard InChI is InChI=1S/C7H4BrF2IN2O2/c8-2-4-6(11)3(7(9)10)1-5(12-4)13(14)15/h1,7H,2H2. The summed E-state index contributed by atoms with van der Waals surface area (Å²) in [6.45, 7) is 0. The lowest BCUT2D eigenvalue weighted by molar-refractivity contribution is -0.389. The third-order valence-corrected chi connectivity index (χ3v) is 3.37. The highest BCUT2D eigenvalue weighted by Gasteiger charge is 2.23. The zero-order valence-corrected chi connectivity index (χ0v) is 10.8. The van der Waals surface area contributed by atoms with E-state index < -0.39 is 17.2 Å². The number of hydrogen-bond donors (Lipinski definition) is 0. The second-order valence-corrected chi connectivity index (χ2v) is 4.16. The Morgan fingerprint density at radius 2 is 2.27 bits per heavy atom. The fourth-order valence-corrected chi connectivity index (χ4v) is 2.56. The largest absolute Gasteiger partial charge is 0.364 e. The first-order chi connectivity index (χ1) is 6.97. The van der Waals surface area contributed by atoms with E-state index in [1.54, 1.807) is 22.6 Å². The van der Waals surface area contributed by atoms with Crippen LogP contribution in [0.1, 0.15) is 17.7 Å². The van der Waals surface area contributed by atoms with Gasteiger partial charge in [0.15, 0.2) is 5.69 Å². The fourth-order valence-electron chi connectivity index (χ4n) is 0.930. The number of rotatable bonds is 3. The Hall–Kier alpha value is -0.380. The molecule has 1 aromatic heterocycles. The summed E-state index contributed by atoms with van der Waals surface area (Å²) in [5.74, 6) is -0.555. The van der Waals surface area contributed by atoms with E-state index in [0.29, 0.717) is 0 Å². The quantitative estimate of drug-likeness (QED) is 0.343. The average molecular weight is 393 g/mol. The molecule has 1 rings (SSSR count). The van der Waals surface area contributed by atoms with Crippen LogP contribution in [0.4, 0.5) is 14.6 Å². The predicted molar refractivity (Wildman–Crippen MR) is 61.2 cm³/mol. The fraction of sp³-hybridized carbons (Fsp3) is 0.286. The molecule has 0 aliphatic rings. The van der Waals surface area contributed by atoms with Gasteiger partial charge in [0.1, 0.15) is 0 Å². The summed E-state index contributed by atoms with van der Waals surface area (Å²) in [6, 6.07) is 0.804. The van der Waals surface area contributed by atoms with Crippen molar-refractivity contribution < 1.29 is 13.7 Å². The van der Waals surface area contributed by atoms with Crippen molar-refractivity contribution in [3.05, 3.63) is 31.0 Å². The van der Waals surface area contributed by atoms with Crippen molar-refractivity contribution in [3.63, 3.8) is 0 Å². The van der Waals surface area contributed by atoms with E-state index in [9.17, 15) is 18.9 Å². The van der Waals surface area contributed by atoms with Crippen LogP contribution in [0.5, 0.6) is 0 Å². The van der Waals surface area contributed by atoms with Crippen LogP contribution in [0.2, 0.25) is 0 Å². The van der Waals surface area contributed by atoms with Gasteiger partial charge >= 0.3 is 5.82 Å². The maximum absolute atomic E-state index is 12.5. The van der Waals surface area contributed by atoms with Crippen LogP contribution in [0.15, 0.2) is 6.07 Å². The normalized spacial score (nSPS) is 10.7. The number of hydrogen-bond acceptors (Lipinski definition) is 3. The van der Waals surface area contributed by atoms with Gasteiger partial charge in [-0.15, -0.1) is 0 Å². The summed E-state index contributed by atoms with van der Waals surface area (Å²) in [5.41, 5.74) is -0.105. The van der Waals surface area contributed by atoms with Gasteiger partial charge in [-0.1, -0.05) is 15.9 Å². The predicted octanol–water partition coefficient (Wildman–Crippen LogP) is 3.43. The van der Waals surface area contributed by atoms with Crippen molar-refractivity contribution in [2.75, 3.05) is 0 Å². The van der Waals surface area contributed by atoms with E-state index in [-0.39, 0.29) is 20.2 Å². The molecule has 0 bridgehead atoms. The highest BCUT2D eigenvalue weighted by molar-refractivity contribution is 14.1. The Morgan fingerprint density at radius 1 is 1.67 bits per heavy atom. The van der Waals surface area contributed by atoms with E-state index >= 15 is 0 Å². The monoisotopic (exact) mass is 392 g/mol. The second-order valence-electron chi connectivity index (χ2n) is 2.52. The molecule has 82 valence electrons. The lowest BCUT2D eigenvalue weighted by Gasteiger charge is -2.04. The minimum atomic E-state index is -2.74. The van der Waals surface area contributed by atoms with Gasteiger partial charge in [-0.3, -0.25) is 0 Å². The molecule has 0 spiro atoms. The van der Waals surface area contributed by atoms with Crippen LogP contribution in [-0.4, -0.2) is 9.91 Å². The summed E-state index contributed by atoms with van der Waals surface area (Å²) in [5, 5.41) is 10.6. The Labute approximate surface area is 105 Å². The summed E-state index contributed by atoms with van der Waals surface area (Å²) >= 11 is 4.74. The Balaban J connectivity index is 3.38. The highest BCUT2D eigenvalue weighted by Crippen LogP contribution is 2.29. The Kier molecular flexibility index (Phi) is 4.32. The number of alkyl halides is 3. The molecule has 0 radical (unpaired) electrons. The lowest BCUT2D eigenvalue weighted by Crippen LogP contribution is -2.02. The van der Waals surface area contributed by atoms with E-state index in [4.69, 9.17) is 0 Å². The maximum Gasteiger partial charge on any atom is 0.364 e. The van der Waals surface area contributed by atoms with E-state index in [1.165, 1.54) is 0 Å². The SMILES string of the molecule is O=[N+]([O-])c1cc(C(F)F)c(I)c(CBr)n1. The van der Waals surface area contributed by atoms with Crippen LogP contribution < -0.4 is 0 Å². The van der Waals surface area contributed by atoms with E-state index in [1.807, 2.05) is 0 Å². The van der Waals surface area contributed by atoms with Gasteiger partial charge < -0.3 is 10.1 Å². The average Bonchev–Trinajstić information content (AvgIpc) is 2.17. The minimum absolute atomic E-state index is 0.201. The third kappa shape index (κ3) is 2.80. The third-order valence-electron chi connectivity index (χ3n) is 1.59. The van der Waals surface area contributed by atoms with Crippen LogP contribution >= 0.6 is 38.5 Å². The first-order valence-electron chi connectivity index (χ1n) is 3.65. The van der Waals surface area contributed by atoms with Crippen molar-refractivity contribution in [3.8, 4) is 0 Å². The van der Waals surface area contributed by atoms with Crippen LogP contribution in [0.3, 0.4) is 0 Å². The van der Waals surface area contributed by atoms with Crippen LogP contribution in [0, 0.1) is 13.7 Å². The van der Waals surface area contributed by atoms with Crippen LogP contribution in [0.25, 0.3) is 0 Å². The molecule has 0 aromatic carbocycles. The van der Waals surface area contributed by atoms with Crippen LogP contribution in [-0.2, 0) is 5.33 Å². The summed E-state index contributed by atoms with van der Waals surface area (Å²) in [4.78, 5) is 13.3. The summed E-state index contributed by atoms with van der Waals surface area (Å²) in [6.07, 6.45) is -2.74. The van der Waals surface area contributed by atoms with E-state index in [2.05, 4.69) is 20.9 Å². The molecule has 0 atom stereocenters. The summed E-state index contributed by atoms with van der Waals surface area (Å²) < 4.78 is 25.3. The number of nitrogens with zero attached hydrogens (tertiary/aromatic N) is 2. The molecule has 0 fully saturated rings. The highest BCUT2D eigenvalue weighted by atomic mass is 127. The van der Waals surface area contributed by atoms with Gasteiger partial charge in [-0.25, -0.2) is 8.78 Å². The van der Waals surface area contributed by atoms with Gasteiger partial charge in [0.05, 0.1) is 8.90 Å². The molecular formula is C7H4BrF2IN2O2. The van der Waals surface area contributed by atoms with Gasteiger partial charge in [-0.2, -0.15) is 0 Å². The van der Waals surface area contributed by atoms with Crippen molar-refractivity contribution in [2.24, 2.45) is 0 Å². The zero-order chi connectivity index (χ0) is 11.6.